The molecule has 7 heteroatoms. The molecule has 0 radical (unpaired) electrons. The van der Waals surface area contributed by atoms with Gasteiger partial charge in [-0.05, 0) is 55.1 Å². The van der Waals surface area contributed by atoms with E-state index in [0.29, 0.717) is 11.7 Å². The molecule has 7 nitrogen and oxygen atoms in total. The van der Waals surface area contributed by atoms with E-state index in [-0.39, 0.29) is 18.0 Å². The first kappa shape index (κ1) is 17.1. The first-order chi connectivity index (χ1) is 12.6. The van der Waals surface area contributed by atoms with E-state index in [0.717, 1.165) is 32.5 Å². The van der Waals surface area contributed by atoms with Crippen molar-refractivity contribution in [1.29, 1.82) is 0 Å². The van der Waals surface area contributed by atoms with Crippen LogP contribution in [0.25, 0.3) is 0 Å². The van der Waals surface area contributed by atoms with Crippen LogP contribution >= 0.6 is 0 Å². The number of rotatable bonds is 3. The number of amides is 1. The van der Waals surface area contributed by atoms with E-state index in [4.69, 9.17) is 0 Å². The standard InChI is InChI=1S/C19H26N6O/c1-15-20-21-22-25(15)14-18(26)24-10-8-19(9-11-24)12-17(13-23(19)2)16-6-4-3-5-7-16/h3-7,17H,8-14H2,1-2H3. The number of tetrazole rings is 1. The summed E-state index contributed by atoms with van der Waals surface area (Å²) in [6.07, 6.45) is 3.25. The van der Waals surface area contributed by atoms with E-state index in [1.165, 1.54) is 12.0 Å². The zero-order valence-corrected chi connectivity index (χ0v) is 15.5. The normalized spacial score (nSPS) is 22.8. The summed E-state index contributed by atoms with van der Waals surface area (Å²) in [7, 11) is 2.24. The Morgan fingerprint density at radius 3 is 2.62 bits per heavy atom. The molecule has 0 aliphatic carbocycles. The van der Waals surface area contributed by atoms with E-state index in [1.54, 1.807) is 4.68 Å². The molecular formula is C19H26N6O. The van der Waals surface area contributed by atoms with Crippen molar-refractivity contribution in [3.8, 4) is 0 Å². The number of likely N-dealkylation sites (N-methyl/N-ethyl adjacent to an activating group) is 1. The molecule has 138 valence electrons. The van der Waals surface area contributed by atoms with E-state index in [1.807, 2.05) is 11.8 Å². The predicted molar refractivity (Wildman–Crippen MR) is 97.5 cm³/mol. The maximum Gasteiger partial charge on any atom is 0.244 e. The van der Waals surface area contributed by atoms with Gasteiger partial charge in [-0.25, -0.2) is 4.68 Å². The van der Waals surface area contributed by atoms with Gasteiger partial charge in [0.15, 0.2) is 0 Å². The van der Waals surface area contributed by atoms with Crippen LogP contribution in [0.3, 0.4) is 0 Å². The summed E-state index contributed by atoms with van der Waals surface area (Å²) in [6, 6.07) is 10.8. The SMILES string of the molecule is Cc1nnnn1CC(=O)N1CCC2(CC1)CC(c1ccccc1)CN2C. The first-order valence-electron chi connectivity index (χ1n) is 9.34. The topological polar surface area (TPSA) is 67.2 Å². The first-order valence-corrected chi connectivity index (χ1v) is 9.34. The highest BCUT2D eigenvalue weighted by atomic mass is 16.2. The molecule has 2 aliphatic rings. The Bertz CT molecular complexity index is 765. The van der Waals surface area contributed by atoms with Crippen LogP contribution in [0.1, 0.15) is 36.6 Å². The number of carbonyl (C=O) groups is 1. The van der Waals surface area contributed by atoms with Gasteiger partial charge in [0.2, 0.25) is 5.91 Å². The van der Waals surface area contributed by atoms with Gasteiger partial charge >= 0.3 is 0 Å². The number of hydrogen-bond acceptors (Lipinski definition) is 5. The van der Waals surface area contributed by atoms with Crippen molar-refractivity contribution < 1.29 is 4.79 Å². The maximum absolute atomic E-state index is 12.6. The second-order valence-corrected chi connectivity index (χ2v) is 7.68. The quantitative estimate of drug-likeness (QED) is 0.835. The molecule has 1 aromatic carbocycles. The molecule has 2 aromatic rings. The van der Waals surface area contributed by atoms with Crippen LogP contribution in [-0.4, -0.2) is 68.1 Å². The fraction of sp³-hybridized carbons (Fsp3) is 0.579. The highest BCUT2D eigenvalue weighted by molar-refractivity contribution is 5.76. The number of nitrogens with zero attached hydrogens (tertiary/aromatic N) is 6. The summed E-state index contributed by atoms with van der Waals surface area (Å²) in [4.78, 5) is 17.1. The van der Waals surface area contributed by atoms with Crippen molar-refractivity contribution in [2.45, 2.75) is 44.2 Å². The Labute approximate surface area is 154 Å². The lowest BCUT2D eigenvalue weighted by Gasteiger charge is -2.43. The van der Waals surface area contributed by atoms with Crippen molar-refractivity contribution in [3.63, 3.8) is 0 Å². The fourth-order valence-corrected chi connectivity index (χ4v) is 4.53. The van der Waals surface area contributed by atoms with E-state index in [2.05, 4.69) is 57.8 Å². The third-order valence-corrected chi connectivity index (χ3v) is 6.24. The zero-order chi connectivity index (χ0) is 18.1. The Kier molecular flexibility index (Phi) is 4.48. The molecule has 1 amide bonds. The van der Waals surface area contributed by atoms with Crippen LogP contribution in [-0.2, 0) is 11.3 Å². The number of carbonyl (C=O) groups excluding carboxylic acids is 1. The third-order valence-electron chi connectivity index (χ3n) is 6.24. The lowest BCUT2D eigenvalue weighted by atomic mass is 9.81. The van der Waals surface area contributed by atoms with Crippen LogP contribution in [0.4, 0.5) is 0 Å². The number of piperidine rings is 1. The molecule has 26 heavy (non-hydrogen) atoms. The average molecular weight is 354 g/mol. The number of aromatic nitrogens is 4. The minimum atomic E-state index is 0.107. The van der Waals surface area contributed by atoms with Crippen molar-refractivity contribution >= 4 is 5.91 Å². The number of aryl methyl sites for hydroxylation is 1. The summed E-state index contributed by atoms with van der Waals surface area (Å²) in [5.74, 6) is 1.37. The molecule has 1 aromatic heterocycles. The van der Waals surface area contributed by atoms with Gasteiger partial charge in [-0.3, -0.25) is 9.69 Å². The van der Waals surface area contributed by atoms with Crippen LogP contribution < -0.4 is 0 Å². The van der Waals surface area contributed by atoms with Crippen LogP contribution in [0.5, 0.6) is 0 Å². The third kappa shape index (κ3) is 3.11. The number of benzene rings is 1. The van der Waals surface area contributed by atoms with Gasteiger partial charge in [0.05, 0.1) is 0 Å². The van der Waals surface area contributed by atoms with Crippen molar-refractivity contribution in [1.82, 2.24) is 30.0 Å². The molecule has 2 aliphatic heterocycles. The Morgan fingerprint density at radius 1 is 1.23 bits per heavy atom. The summed E-state index contributed by atoms with van der Waals surface area (Å²) >= 11 is 0. The summed E-state index contributed by atoms with van der Waals surface area (Å²) in [6.45, 7) is 4.77. The molecule has 1 unspecified atom stereocenters. The van der Waals surface area contributed by atoms with Gasteiger partial charge in [0, 0.05) is 25.2 Å². The van der Waals surface area contributed by atoms with E-state index >= 15 is 0 Å². The minimum absolute atomic E-state index is 0.107. The Hall–Kier alpha value is -2.28. The molecule has 3 heterocycles. The van der Waals surface area contributed by atoms with E-state index < -0.39 is 0 Å². The second-order valence-electron chi connectivity index (χ2n) is 7.68. The van der Waals surface area contributed by atoms with Crippen molar-refractivity contribution in [2.24, 2.45) is 0 Å². The molecular weight excluding hydrogens is 328 g/mol. The highest BCUT2D eigenvalue weighted by Gasteiger charge is 2.46. The van der Waals surface area contributed by atoms with Gasteiger partial charge in [-0.1, -0.05) is 30.3 Å². The highest BCUT2D eigenvalue weighted by Crippen LogP contribution is 2.43. The fourth-order valence-electron chi connectivity index (χ4n) is 4.53. The lowest BCUT2D eigenvalue weighted by Crippen LogP contribution is -2.52. The maximum atomic E-state index is 12.6. The lowest BCUT2D eigenvalue weighted by molar-refractivity contribution is -0.134. The minimum Gasteiger partial charge on any atom is -0.341 e. The van der Waals surface area contributed by atoms with Gasteiger partial charge in [0.1, 0.15) is 12.4 Å². The average Bonchev–Trinajstić information content (AvgIpc) is 3.20. The van der Waals surface area contributed by atoms with E-state index in [9.17, 15) is 4.79 Å². The van der Waals surface area contributed by atoms with Crippen LogP contribution in [0, 0.1) is 6.92 Å². The van der Waals surface area contributed by atoms with Crippen LogP contribution in [0.15, 0.2) is 30.3 Å². The molecule has 1 spiro atoms. The zero-order valence-electron chi connectivity index (χ0n) is 15.5. The van der Waals surface area contributed by atoms with Crippen LogP contribution in [0.2, 0.25) is 0 Å². The largest absolute Gasteiger partial charge is 0.341 e. The molecule has 0 N–H and O–H groups in total. The van der Waals surface area contributed by atoms with Gasteiger partial charge in [-0.2, -0.15) is 0 Å². The monoisotopic (exact) mass is 354 g/mol. The Balaban J connectivity index is 1.38. The van der Waals surface area contributed by atoms with Gasteiger partial charge < -0.3 is 4.90 Å². The predicted octanol–water partition coefficient (Wildman–Crippen LogP) is 1.46. The molecule has 2 fully saturated rings. The van der Waals surface area contributed by atoms with Crippen molar-refractivity contribution in [3.05, 3.63) is 41.7 Å². The Morgan fingerprint density at radius 2 is 1.96 bits per heavy atom. The van der Waals surface area contributed by atoms with Crippen molar-refractivity contribution in [2.75, 3.05) is 26.7 Å². The molecule has 1 atom stereocenters. The smallest absolute Gasteiger partial charge is 0.244 e. The summed E-state index contributed by atoms with van der Waals surface area (Å²) < 4.78 is 1.57. The van der Waals surface area contributed by atoms with Gasteiger partial charge in [-0.15, -0.1) is 5.10 Å². The number of hydrogen-bond donors (Lipinski definition) is 0. The molecule has 0 saturated carbocycles. The molecule has 0 bridgehead atoms. The number of likely N-dealkylation sites (tertiary alicyclic amines) is 2. The summed E-state index contributed by atoms with van der Waals surface area (Å²) in [5, 5.41) is 11.3. The second kappa shape index (κ2) is 6.79. The van der Waals surface area contributed by atoms with Gasteiger partial charge in [0.25, 0.3) is 0 Å². The summed E-state index contributed by atoms with van der Waals surface area (Å²) in [5.41, 5.74) is 1.66. The molecule has 4 rings (SSSR count). The molecule has 2 saturated heterocycles.